The van der Waals surface area contributed by atoms with Crippen molar-refractivity contribution in [3.8, 4) is 0 Å². The molecule has 1 fully saturated rings. The Kier molecular flexibility index (Phi) is 5.38. The number of benzene rings is 1. The minimum Gasteiger partial charge on any atom is -0.465 e. The average molecular weight is 277 g/mol. The van der Waals surface area contributed by atoms with E-state index in [1.807, 2.05) is 24.3 Å². The van der Waals surface area contributed by atoms with Gasteiger partial charge in [0.2, 0.25) is 0 Å². The monoisotopic (exact) mass is 277 g/mol. The molecular weight excluding hydrogens is 254 g/mol. The molecule has 1 aromatic carbocycles. The first-order valence-corrected chi connectivity index (χ1v) is 7.12. The van der Waals surface area contributed by atoms with Crippen LogP contribution in [0.1, 0.15) is 23.2 Å². The Morgan fingerprint density at radius 3 is 2.75 bits per heavy atom. The Bertz CT molecular complexity index is 442. The van der Waals surface area contributed by atoms with Gasteiger partial charge in [0.1, 0.15) is 0 Å². The van der Waals surface area contributed by atoms with Gasteiger partial charge in [0.25, 0.3) is 0 Å². The molecule has 0 saturated carbocycles. The summed E-state index contributed by atoms with van der Waals surface area (Å²) in [5.74, 6) is -0.274. The van der Waals surface area contributed by atoms with E-state index >= 15 is 0 Å². The maximum absolute atomic E-state index is 11.8. The summed E-state index contributed by atoms with van der Waals surface area (Å²) in [6, 6.07) is 8.16. The lowest BCUT2D eigenvalue weighted by molar-refractivity contribution is 0.0601. The van der Waals surface area contributed by atoms with Gasteiger partial charge < -0.3 is 20.7 Å². The Labute approximate surface area is 120 Å². The van der Waals surface area contributed by atoms with E-state index in [2.05, 4.69) is 10.2 Å². The molecule has 1 aromatic rings. The summed E-state index contributed by atoms with van der Waals surface area (Å²) >= 11 is 0. The Morgan fingerprint density at radius 1 is 1.40 bits per heavy atom. The van der Waals surface area contributed by atoms with E-state index in [1.54, 1.807) is 0 Å². The van der Waals surface area contributed by atoms with E-state index in [9.17, 15) is 4.79 Å². The summed E-state index contributed by atoms with van der Waals surface area (Å²) in [6.45, 7) is 3.42. The van der Waals surface area contributed by atoms with Crippen LogP contribution < -0.4 is 16.0 Å². The van der Waals surface area contributed by atoms with Gasteiger partial charge in [-0.3, -0.25) is 0 Å². The molecule has 110 valence electrons. The summed E-state index contributed by atoms with van der Waals surface area (Å²) in [6.07, 6.45) is 2.13. The number of carbonyl (C=O) groups is 1. The highest BCUT2D eigenvalue weighted by Gasteiger charge is 2.22. The molecule has 0 spiro atoms. The fraction of sp³-hybridized carbons (Fsp3) is 0.533. The number of anilines is 1. The van der Waals surface area contributed by atoms with Gasteiger partial charge in [-0.1, -0.05) is 12.1 Å². The number of methoxy groups -OCH3 is 1. The van der Waals surface area contributed by atoms with Gasteiger partial charge in [0, 0.05) is 32.2 Å². The molecule has 0 radical (unpaired) electrons. The van der Waals surface area contributed by atoms with Crippen LogP contribution in [0.3, 0.4) is 0 Å². The van der Waals surface area contributed by atoms with Crippen molar-refractivity contribution in [2.45, 2.75) is 18.9 Å². The van der Waals surface area contributed by atoms with E-state index < -0.39 is 0 Å². The van der Waals surface area contributed by atoms with Gasteiger partial charge in [0.05, 0.1) is 18.4 Å². The average Bonchev–Trinajstić information content (AvgIpc) is 2.52. The number of para-hydroxylation sites is 1. The zero-order valence-electron chi connectivity index (χ0n) is 12.0. The number of rotatable bonds is 5. The number of esters is 1. The molecule has 20 heavy (non-hydrogen) atoms. The summed E-state index contributed by atoms with van der Waals surface area (Å²) < 4.78 is 4.85. The third-order valence-corrected chi connectivity index (χ3v) is 3.72. The molecule has 0 amide bonds. The largest absolute Gasteiger partial charge is 0.465 e. The van der Waals surface area contributed by atoms with Crippen LogP contribution in [0.5, 0.6) is 0 Å². The van der Waals surface area contributed by atoms with E-state index in [-0.39, 0.29) is 5.97 Å². The first kappa shape index (κ1) is 14.8. The van der Waals surface area contributed by atoms with Crippen molar-refractivity contribution in [3.05, 3.63) is 29.8 Å². The molecule has 3 N–H and O–H groups in total. The zero-order valence-corrected chi connectivity index (χ0v) is 12.0. The third-order valence-electron chi connectivity index (χ3n) is 3.72. The first-order valence-electron chi connectivity index (χ1n) is 7.12. The second-order valence-corrected chi connectivity index (χ2v) is 5.01. The van der Waals surface area contributed by atoms with Crippen LogP contribution in [0.4, 0.5) is 5.69 Å². The lowest BCUT2D eigenvalue weighted by Gasteiger charge is -2.34. The lowest BCUT2D eigenvalue weighted by Crippen LogP contribution is -2.44. The molecule has 1 aliphatic heterocycles. The van der Waals surface area contributed by atoms with Crippen LogP contribution >= 0.6 is 0 Å². The van der Waals surface area contributed by atoms with Crippen molar-refractivity contribution in [2.24, 2.45) is 5.73 Å². The van der Waals surface area contributed by atoms with Crippen LogP contribution in [-0.2, 0) is 4.74 Å². The number of ether oxygens (including phenoxy) is 1. The second kappa shape index (κ2) is 7.26. The first-order chi connectivity index (χ1) is 9.76. The van der Waals surface area contributed by atoms with Crippen LogP contribution in [0, 0.1) is 0 Å². The van der Waals surface area contributed by atoms with Gasteiger partial charge in [-0.25, -0.2) is 4.79 Å². The number of nitrogens with one attached hydrogen (secondary N) is 1. The van der Waals surface area contributed by atoms with Gasteiger partial charge in [-0.15, -0.1) is 0 Å². The number of hydrogen-bond donors (Lipinski definition) is 2. The number of piperidine rings is 1. The molecule has 0 bridgehead atoms. The van der Waals surface area contributed by atoms with Crippen molar-refractivity contribution < 1.29 is 9.53 Å². The maximum Gasteiger partial charge on any atom is 0.339 e. The smallest absolute Gasteiger partial charge is 0.339 e. The van der Waals surface area contributed by atoms with Crippen LogP contribution in [0.25, 0.3) is 0 Å². The molecule has 1 aliphatic rings. The van der Waals surface area contributed by atoms with Crippen LogP contribution in [-0.4, -0.2) is 45.3 Å². The Hall–Kier alpha value is -1.59. The van der Waals surface area contributed by atoms with Crippen molar-refractivity contribution in [2.75, 3.05) is 38.2 Å². The minimum absolute atomic E-state index is 0.274. The topological polar surface area (TPSA) is 67.6 Å². The van der Waals surface area contributed by atoms with Gasteiger partial charge in [-0.2, -0.15) is 0 Å². The molecule has 5 nitrogen and oxygen atoms in total. The molecule has 2 rings (SSSR count). The summed E-state index contributed by atoms with van der Waals surface area (Å²) in [7, 11) is 1.42. The lowest BCUT2D eigenvalue weighted by atomic mass is 10.0. The van der Waals surface area contributed by atoms with Crippen LogP contribution in [0.2, 0.25) is 0 Å². The summed E-state index contributed by atoms with van der Waals surface area (Å²) in [5, 5.41) is 3.45. The summed E-state index contributed by atoms with van der Waals surface area (Å²) in [4.78, 5) is 14.1. The van der Waals surface area contributed by atoms with Crippen molar-refractivity contribution in [3.63, 3.8) is 0 Å². The number of nitrogens with two attached hydrogens (primary N) is 1. The Morgan fingerprint density at radius 2 is 2.10 bits per heavy atom. The van der Waals surface area contributed by atoms with Crippen molar-refractivity contribution in [1.82, 2.24) is 5.32 Å². The predicted octanol–water partition coefficient (Wildman–Crippen LogP) is 0.990. The Balaban J connectivity index is 2.02. The van der Waals surface area contributed by atoms with Crippen molar-refractivity contribution >= 4 is 11.7 Å². The summed E-state index contributed by atoms with van der Waals surface area (Å²) in [5.41, 5.74) is 7.12. The molecular formula is C15H23N3O2. The molecule has 0 atom stereocenters. The fourth-order valence-electron chi connectivity index (χ4n) is 2.64. The molecule has 0 aromatic heterocycles. The maximum atomic E-state index is 11.8. The quantitative estimate of drug-likeness (QED) is 0.786. The predicted molar refractivity (Wildman–Crippen MR) is 80.1 cm³/mol. The van der Waals surface area contributed by atoms with Gasteiger partial charge in [-0.05, 0) is 25.0 Å². The molecule has 1 saturated heterocycles. The second-order valence-electron chi connectivity index (χ2n) is 5.01. The number of nitrogens with zero attached hydrogens (tertiary/aromatic N) is 1. The van der Waals surface area contributed by atoms with E-state index in [0.717, 1.165) is 38.2 Å². The van der Waals surface area contributed by atoms with E-state index in [0.29, 0.717) is 18.2 Å². The third kappa shape index (κ3) is 3.49. The van der Waals surface area contributed by atoms with Crippen LogP contribution in [0.15, 0.2) is 24.3 Å². The van der Waals surface area contributed by atoms with E-state index in [4.69, 9.17) is 10.5 Å². The SMILES string of the molecule is COC(=O)c1ccccc1N1CCC(NCCN)CC1. The van der Waals surface area contributed by atoms with Crippen molar-refractivity contribution in [1.29, 1.82) is 0 Å². The minimum atomic E-state index is -0.274. The fourth-order valence-corrected chi connectivity index (χ4v) is 2.64. The molecule has 0 unspecified atom stereocenters. The number of hydrogen-bond acceptors (Lipinski definition) is 5. The standard InChI is InChI=1S/C15H23N3O2/c1-20-15(19)13-4-2-3-5-14(13)18-10-6-12(7-11-18)17-9-8-16/h2-5,12,17H,6-11,16H2,1H3. The highest BCUT2D eigenvalue weighted by atomic mass is 16.5. The molecule has 5 heteroatoms. The van der Waals surface area contributed by atoms with Gasteiger partial charge >= 0.3 is 5.97 Å². The zero-order chi connectivity index (χ0) is 14.4. The number of carbonyl (C=O) groups excluding carboxylic acids is 1. The van der Waals surface area contributed by atoms with E-state index in [1.165, 1.54) is 7.11 Å². The highest BCUT2D eigenvalue weighted by molar-refractivity contribution is 5.95. The van der Waals surface area contributed by atoms with Gasteiger partial charge in [0.15, 0.2) is 0 Å². The molecule has 0 aliphatic carbocycles. The molecule has 1 heterocycles. The normalized spacial score (nSPS) is 16.2. The highest BCUT2D eigenvalue weighted by Crippen LogP contribution is 2.24.